The Labute approximate surface area is 222 Å². The molecule has 0 aliphatic carbocycles. The van der Waals surface area contributed by atoms with Crippen molar-refractivity contribution in [3.05, 3.63) is 62.6 Å². The van der Waals surface area contributed by atoms with Gasteiger partial charge in [-0.3, -0.25) is 13.9 Å². The first-order chi connectivity index (χ1) is 16.3. The van der Waals surface area contributed by atoms with Crippen LogP contribution in [-0.2, 0) is 26.2 Å². The lowest BCUT2D eigenvalue weighted by Crippen LogP contribution is -2.51. The molecule has 192 valence electrons. The Bertz CT molecular complexity index is 1170. The van der Waals surface area contributed by atoms with Crippen LogP contribution in [0.1, 0.15) is 37.8 Å². The zero-order valence-electron chi connectivity index (χ0n) is 20.1. The lowest BCUT2D eigenvalue weighted by atomic mass is 10.1. The Balaban J connectivity index is 2.39. The maximum absolute atomic E-state index is 13.5. The van der Waals surface area contributed by atoms with Gasteiger partial charge < -0.3 is 10.2 Å². The van der Waals surface area contributed by atoms with Crippen LogP contribution in [-0.4, -0.2) is 50.5 Å². The molecule has 0 heterocycles. The number of carbonyl (C=O) groups is 2. The van der Waals surface area contributed by atoms with E-state index in [-0.39, 0.29) is 18.1 Å². The van der Waals surface area contributed by atoms with Crippen LogP contribution in [0.25, 0.3) is 0 Å². The number of carbonyl (C=O) groups excluding carboxylic acids is 2. The van der Waals surface area contributed by atoms with Crippen LogP contribution in [0.4, 0.5) is 5.69 Å². The van der Waals surface area contributed by atoms with Crippen molar-refractivity contribution >= 4 is 62.3 Å². The predicted molar refractivity (Wildman–Crippen MR) is 143 cm³/mol. The quantitative estimate of drug-likeness (QED) is 0.388. The first-order valence-corrected chi connectivity index (χ1v) is 14.1. The summed E-state index contributed by atoms with van der Waals surface area (Å²) in [4.78, 5) is 27.6. The maximum atomic E-state index is 13.5. The SMILES string of the molecule is CCCCNC(=O)[C@H](C)N(Cc1ccc(Cl)c(Cl)c1)C(=O)CN(c1ccc(C)c(Cl)c1)S(C)(=O)=O. The van der Waals surface area contributed by atoms with Gasteiger partial charge in [0.1, 0.15) is 12.6 Å². The van der Waals surface area contributed by atoms with Gasteiger partial charge in [0.05, 0.1) is 22.0 Å². The highest BCUT2D eigenvalue weighted by Crippen LogP contribution is 2.26. The van der Waals surface area contributed by atoms with E-state index in [9.17, 15) is 18.0 Å². The second-order valence-corrected chi connectivity index (χ2v) is 11.4. The second-order valence-electron chi connectivity index (χ2n) is 8.29. The van der Waals surface area contributed by atoms with Gasteiger partial charge in [-0.05, 0) is 55.7 Å². The summed E-state index contributed by atoms with van der Waals surface area (Å²) in [6, 6.07) is 8.80. The third-order valence-electron chi connectivity index (χ3n) is 5.46. The van der Waals surface area contributed by atoms with Gasteiger partial charge in [-0.15, -0.1) is 0 Å². The number of hydrogen-bond donors (Lipinski definition) is 1. The molecule has 0 fully saturated rings. The first-order valence-electron chi connectivity index (χ1n) is 11.1. The van der Waals surface area contributed by atoms with Gasteiger partial charge in [-0.2, -0.15) is 0 Å². The number of hydrogen-bond acceptors (Lipinski definition) is 4. The molecular formula is C24H30Cl3N3O4S. The van der Waals surface area contributed by atoms with Crippen LogP contribution in [0.3, 0.4) is 0 Å². The fraction of sp³-hybridized carbons (Fsp3) is 0.417. The average molecular weight is 563 g/mol. The lowest BCUT2D eigenvalue weighted by molar-refractivity contribution is -0.139. The number of benzene rings is 2. The molecule has 0 aromatic heterocycles. The van der Waals surface area contributed by atoms with Crippen molar-refractivity contribution in [2.75, 3.05) is 23.7 Å². The number of aryl methyl sites for hydroxylation is 1. The molecule has 2 amide bonds. The molecule has 1 atom stereocenters. The summed E-state index contributed by atoms with van der Waals surface area (Å²) in [5.41, 5.74) is 1.67. The Hall–Kier alpha value is -2.00. The Kier molecular flexibility index (Phi) is 10.7. The van der Waals surface area contributed by atoms with Crippen LogP contribution < -0.4 is 9.62 Å². The van der Waals surface area contributed by atoms with E-state index in [2.05, 4.69) is 5.32 Å². The molecule has 0 bridgehead atoms. The molecule has 0 aliphatic rings. The Morgan fingerprint density at radius 2 is 1.71 bits per heavy atom. The predicted octanol–water partition coefficient (Wildman–Crippen LogP) is 5.05. The minimum Gasteiger partial charge on any atom is -0.354 e. The lowest BCUT2D eigenvalue weighted by Gasteiger charge is -2.31. The summed E-state index contributed by atoms with van der Waals surface area (Å²) >= 11 is 18.4. The number of halogens is 3. The summed E-state index contributed by atoms with van der Waals surface area (Å²) in [6.07, 6.45) is 2.72. The van der Waals surface area contributed by atoms with E-state index in [1.54, 1.807) is 44.2 Å². The monoisotopic (exact) mass is 561 g/mol. The van der Waals surface area contributed by atoms with Gasteiger partial charge in [-0.1, -0.05) is 60.3 Å². The minimum absolute atomic E-state index is 0.0321. The molecule has 0 aliphatic heterocycles. The van der Waals surface area contributed by atoms with Gasteiger partial charge >= 0.3 is 0 Å². The van der Waals surface area contributed by atoms with Crippen LogP contribution in [0.2, 0.25) is 15.1 Å². The summed E-state index contributed by atoms with van der Waals surface area (Å²) < 4.78 is 26.2. The number of anilines is 1. The number of unbranched alkanes of at least 4 members (excludes halogenated alkanes) is 1. The topological polar surface area (TPSA) is 86.8 Å². The van der Waals surface area contributed by atoms with Crippen molar-refractivity contribution in [3.8, 4) is 0 Å². The fourth-order valence-electron chi connectivity index (χ4n) is 3.30. The normalized spacial score (nSPS) is 12.2. The number of amides is 2. The standard InChI is InChI=1S/C24H30Cl3N3O4S/c1-5-6-11-28-24(32)17(3)29(14-18-8-10-20(25)22(27)12-18)23(31)15-30(35(4,33)34)19-9-7-16(2)21(26)13-19/h7-10,12-13,17H,5-6,11,14-15H2,1-4H3,(H,28,32)/t17-/m0/s1. The number of rotatable bonds is 11. The highest BCUT2D eigenvalue weighted by molar-refractivity contribution is 7.92. The van der Waals surface area contributed by atoms with Crippen LogP contribution in [0.5, 0.6) is 0 Å². The average Bonchev–Trinajstić information content (AvgIpc) is 2.78. The largest absolute Gasteiger partial charge is 0.354 e. The third-order valence-corrected chi connectivity index (χ3v) is 7.74. The van der Waals surface area contributed by atoms with Gasteiger partial charge in [0.15, 0.2) is 0 Å². The van der Waals surface area contributed by atoms with Crippen molar-refractivity contribution in [1.82, 2.24) is 10.2 Å². The number of sulfonamides is 1. The van der Waals surface area contributed by atoms with Gasteiger partial charge in [-0.25, -0.2) is 8.42 Å². The van der Waals surface area contributed by atoms with E-state index in [1.165, 1.54) is 11.0 Å². The highest BCUT2D eigenvalue weighted by Gasteiger charge is 2.30. The molecule has 0 saturated carbocycles. The minimum atomic E-state index is -3.84. The van der Waals surface area contributed by atoms with E-state index in [1.807, 2.05) is 6.92 Å². The van der Waals surface area contributed by atoms with Crippen LogP contribution >= 0.6 is 34.8 Å². The fourth-order valence-corrected chi connectivity index (χ4v) is 4.64. The van der Waals surface area contributed by atoms with Gasteiger partial charge in [0, 0.05) is 18.1 Å². The van der Waals surface area contributed by atoms with E-state index in [0.29, 0.717) is 27.2 Å². The van der Waals surface area contributed by atoms with E-state index in [0.717, 1.165) is 29.0 Å². The van der Waals surface area contributed by atoms with Crippen molar-refractivity contribution in [2.24, 2.45) is 0 Å². The van der Waals surface area contributed by atoms with Gasteiger partial charge in [0.25, 0.3) is 0 Å². The molecule has 0 unspecified atom stereocenters. The molecule has 35 heavy (non-hydrogen) atoms. The van der Waals surface area contributed by atoms with E-state index in [4.69, 9.17) is 34.8 Å². The molecule has 7 nitrogen and oxygen atoms in total. The van der Waals surface area contributed by atoms with Crippen LogP contribution in [0, 0.1) is 6.92 Å². The third kappa shape index (κ3) is 8.27. The Morgan fingerprint density at radius 1 is 1.03 bits per heavy atom. The maximum Gasteiger partial charge on any atom is 0.244 e. The molecule has 2 aromatic carbocycles. The number of nitrogens with one attached hydrogen (secondary N) is 1. The highest BCUT2D eigenvalue weighted by atomic mass is 35.5. The zero-order chi connectivity index (χ0) is 26.3. The van der Waals surface area contributed by atoms with Crippen molar-refractivity contribution < 1.29 is 18.0 Å². The molecule has 11 heteroatoms. The molecule has 0 saturated heterocycles. The molecule has 2 rings (SSSR count). The molecular weight excluding hydrogens is 533 g/mol. The zero-order valence-corrected chi connectivity index (χ0v) is 23.2. The molecule has 0 spiro atoms. The Morgan fingerprint density at radius 3 is 2.29 bits per heavy atom. The summed E-state index contributed by atoms with van der Waals surface area (Å²) in [5.74, 6) is -0.896. The summed E-state index contributed by atoms with van der Waals surface area (Å²) in [7, 11) is -3.84. The molecule has 2 aromatic rings. The van der Waals surface area contributed by atoms with Crippen LogP contribution in [0.15, 0.2) is 36.4 Å². The summed E-state index contributed by atoms with van der Waals surface area (Å²) in [6.45, 7) is 5.40. The summed E-state index contributed by atoms with van der Waals surface area (Å²) in [5, 5.41) is 3.87. The second kappa shape index (κ2) is 12.8. The van der Waals surface area contributed by atoms with Crippen molar-refractivity contribution in [3.63, 3.8) is 0 Å². The molecule has 0 radical (unpaired) electrons. The van der Waals surface area contributed by atoms with E-state index >= 15 is 0 Å². The first kappa shape index (κ1) is 29.2. The van der Waals surface area contributed by atoms with Crippen molar-refractivity contribution in [2.45, 2.75) is 46.2 Å². The van der Waals surface area contributed by atoms with E-state index < -0.39 is 28.5 Å². The van der Waals surface area contributed by atoms with Crippen molar-refractivity contribution in [1.29, 1.82) is 0 Å². The van der Waals surface area contributed by atoms with Gasteiger partial charge in [0.2, 0.25) is 21.8 Å². The number of nitrogens with zero attached hydrogens (tertiary/aromatic N) is 2. The smallest absolute Gasteiger partial charge is 0.244 e. The molecule has 1 N–H and O–H groups in total.